The Morgan fingerprint density at radius 1 is 0.568 bits per heavy atom. The van der Waals surface area contributed by atoms with Crippen LogP contribution in [0.15, 0.2) is 48.0 Å². The summed E-state index contributed by atoms with van der Waals surface area (Å²) in [7, 11) is 0. The molecule has 0 spiro atoms. The minimum atomic E-state index is -0.0313. The molecule has 0 N–H and O–H groups in total. The van der Waals surface area contributed by atoms with E-state index in [-0.39, 0.29) is 11.2 Å². The predicted octanol–water partition coefficient (Wildman–Crippen LogP) is 12.2. The SMILES string of the molecule is C=C1O[C@@]2(C)CC[C@@H]3C(C)(C)CCC[C@@]3(C)[C@@H]2/C1=C/C(C)C.C=C1O[C@]2(C)CC[C@H]3C(C)(C)CCC[C@]3(C)[C@H]2/C1=C/C(C)C. The van der Waals surface area contributed by atoms with Crippen LogP contribution in [0.2, 0.25) is 0 Å². The lowest BCUT2D eigenvalue weighted by molar-refractivity contribution is -0.137. The summed E-state index contributed by atoms with van der Waals surface area (Å²) in [5, 5.41) is 0. The zero-order valence-corrected chi connectivity index (χ0v) is 30.9. The van der Waals surface area contributed by atoms with Crippen molar-refractivity contribution in [2.24, 2.45) is 57.2 Å². The first-order valence-electron chi connectivity index (χ1n) is 18.4. The summed E-state index contributed by atoms with van der Waals surface area (Å²) in [6.45, 7) is 37.4. The first-order chi connectivity index (χ1) is 20.2. The van der Waals surface area contributed by atoms with Crippen LogP contribution in [-0.2, 0) is 9.47 Å². The molecule has 8 atom stereocenters. The van der Waals surface area contributed by atoms with Gasteiger partial charge in [0.1, 0.15) is 22.7 Å². The molecule has 0 bridgehead atoms. The Morgan fingerprint density at radius 2 is 0.909 bits per heavy atom. The van der Waals surface area contributed by atoms with E-state index in [1.54, 1.807) is 0 Å². The molecule has 0 radical (unpaired) electrons. The summed E-state index contributed by atoms with van der Waals surface area (Å²) in [5.74, 6) is 5.66. The van der Waals surface area contributed by atoms with Crippen molar-refractivity contribution in [1.82, 2.24) is 0 Å². The van der Waals surface area contributed by atoms with Gasteiger partial charge in [-0.2, -0.15) is 0 Å². The minimum absolute atomic E-state index is 0.0313. The average Bonchev–Trinajstić information content (AvgIpc) is 3.26. The van der Waals surface area contributed by atoms with Gasteiger partial charge in [-0.1, -0.05) is 107 Å². The van der Waals surface area contributed by atoms with E-state index in [0.29, 0.717) is 45.3 Å². The van der Waals surface area contributed by atoms with Crippen molar-refractivity contribution < 1.29 is 9.47 Å². The average molecular weight is 605 g/mol. The van der Waals surface area contributed by atoms with Gasteiger partial charge in [-0.15, -0.1) is 0 Å². The second-order valence-corrected chi connectivity index (χ2v) is 19.2. The normalized spacial score (nSPS) is 45.6. The van der Waals surface area contributed by atoms with E-state index in [1.165, 1.54) is 75.4 Å². The molecule has 2 heterocycles. The van der Waals surface area contributed by atoms with E-state index in [0.717, 1.165) is 23.4 Å². The molecule has 0 aromatic carbocycles. The molecular weight excluding hydrogens is 536 g/mol. The van der Waals surface area contributed by atoms with E-state index in [4.69, 9.17) is 9.47 Å². The molecule has 6 fully saturated rings. The number of allylic oxidation sites excluding steroid dienone is 4. The lowest BCUT2D eigenvalue weighted by atomic mass is 9.45. The summed E-state index contributed by atoms with van der Waals surface area (Å²) in [4.78, 5) is 0. The van der Waals surface area contributed by atoms with Crippen molar-refractivity contribution in [3.05, 3.63) is 48.0 Å². The molecule has 44 heavy (non-hydrogen) atoms. The van der Waals surface area contributed by atoms with Crippen molar-refractivity contribution in [3.63, 3.8) is 0 Å². The van der Waals surface area contributed by atoms with E-state index in [1.807, 2.05) is 0 Å². The van der Waals surface area contributed by atoms with Crippen molar-refractivity contribution in [1.29, 1.82) is 0 Å². The second kappa shape index (κ2) is 11.1. The molecule has 0 amide bonds. The molecule has 6 rings (SSSR count). The lowest BCUT2D eigenvalue weighted by Gasteiger charge is -2.60. The monoisotopic (exact) mass is 605 g/mol. The largest absolute Gasteiger partial charge is 0.487 e. The Bertz CT molecular complexity index is 1120. The molecule has 2 saturated heterocycles. The Balaban J connectivity index is 0.000000175. The molecule has 6 aliphatic rings. The topological polar surface area (TPSA) is 18.5 Å². The van der Waals surface area contributed by atoms with Gasteiger partial charge in [-0.3, -0.25) is 0 Å². The van der Waals surface area contributed by atoms with Gasteiger partial charge in [0.05, 0.1) is 0 Å². The summed E-state index contributed by atoms with van der Waals surface area (Å²) < 4.78 is 12.8. The van der Waals surface area contributed by atoms with Gasteiger partial charge in [0.25, 0.3) is 0 Å². The molecule has 2 heteroatoms. The Kier molecular flexibility index (Phi) is 8.54. The van der Waals surface area contributed by atoms with Crippen LogP contribution in [0, 0.1) is 57.2 Å². The van der Waals surface area contributed by atoms with Gasteiger partial charge in [0.2, 0.25) is 0 Å². The molecule has 2 nitrogen and oxygen atoms in total. The third-order valence-corrected chi connectivity index (χ3v) is 14.0. The van der Waals surface area contributed by atoms with Crippen LogP contribution < -0.4 is 0 Å². The molecule has 0 aromatic heterocycles. The molecule has 4 aliphatic carbocycles. The van der Waals surface area contributed by atoms with Gasteiger partial charge in [0.15, 0.2) is 0 Å². The van der Waals surface area contributed by atoms with Gasteiger partial charge < -0.3 is 9.47 Å². The molecule has 0 unspecified atom stereocenters. The van der Waals surface area contributed by atoms with E-state index in [2.05, 4.69) is 108 Å². The van der Waals surface area contributed by atoms with E-state index >= 15 is 0 Å². The number of fused-ring (bicyclic) bond motifs is 6. The number of ether oxygens (including phenoxy) is 2. The Labute approximate surface area is 272 Å². The number of rotatable bonds is 2. The summed E-state index contributed by atoms with van der Waals surface area (Å²) in [5.41, 5.74) is 4.41. The van der Waals surface area contributed by atoms with E-state index in [9.17, 15) is 0 Å². The highest BCUT2D eigenvalue weighted by atomic mass is 16.5. The molecule has 248 valence electrons. The molecular formula is C42H68O2. The second-order valence-electron chi connectivity index (χ2n) is 19.2. The predicted molar refractivity (Wildman–Crippen MR) is 187 cm³/mol. The van der Waals surface area contributed by atoms with Gasteiger partial charge >= 0.3 is 0 Å². The van der Waals surface area contributed by atoms with Crippen LogP contribution in [0.25, 0.3) is 0 Å². The molecule has 2 aliphatic heterocycles. The fourth-order valence-corrected chi connectivity index (χ4v) is 12.7. The van der Waals surface area contributed by atoms with E-state index < -0.39 is 0 Å². The van der Waals surface area contributed by atoms with Crippen LogP contribution >= 0.6 is 0 Å². The zero-order chi connectivity index (χ0) is 32.7. The van der Waals surface area contributed by atoms with Crippen LogP contribution in [0.4, 0.5) is 0 Å². The van der Waals surface area contributed by atoms with Crippen molar-refractivity contribution in [2.75, 3.05) is 0 Å². The Hall–Kier alpha value is -1.44. The third-order valence-electron chi connectivity index (χ3n) is 14.0. The zero-order valence-electron chi connectivity index (χ0n) is 30.9. The fourth-order valence-electron chi connectivity index (χ4n) is 12.7. The summed E-state index contributed by atoms with van der Waals surface area (Å²) in [6.07, 6.45) is 18.0. The Morgan fingerprint density at radius 3 is 1.23 bits per heavy atom. The minimum Gasteiger partial charge on any atom is -0.487 e. The quantitative estimate of drug-likeness (QED) is 0.312. The molecule has 4 saturated carbocycles. The van der Waals surface area contributed by atoms with Crippen molar-refractivity contribution in [3.8, 4) is 0 Å². The lowest BCUT2D eigenvalue weighted by Crippen LogP contribution is -2.56. The standard InChI is InChI=1S/2C21H34O/c2*1-14(2)13-16-15(3)22-21(7)12-9-17-19(4,5)10-8-11-20(17,6)18(16)21/h2*13-14,17-18H,3,8-12H2,1-2,4-7H3/b2*16-13+/t2*17-,18+,20-,21+/m10/s1. The number of hydrogen-bond donors (Lipinski definition) is 0. The van der Waals surface area contributed by atoms with Crippen LogP contribution in [0.3, 0.4) is 0 Å². The maximum Gasteiger partial charge on any atom is 0.116 e. The van der Waals surface area contributed by atoms with Crippen LogP contribution in [0.5, 0.6) is 0 Å². The van der Waals surface area contributed by atoms with Crippen LogP contribution in [0.1, 0.15) is 147 Å². The van der Waals surface area contributed by atoms with Crippen LogP contribution in [-0.4, -0.2) is 11.2 Å². The number of hydrogen-bond acceptors (Lipinski definition) is 2. The first kappa shape index (κ1) is 33.9. The van der Waals surface area contributed by atoms with Gasteiger partial charge in [0, 0.05) is 11.8 Å². The first-order valence-corrected chi connectivity index (χ1v) is 18.4. The third kappa shape index (κ3) is 5.39. The highest BCUT2D eigenvalue weighted by molar-refractivity contribution is 5.39. The highest BCUT2D eigenvalue weighted by Gasteiger charge is 2.64. The molecule has 0 aromatic rings. The van der Waals surface area contributed by atoms with Crippen molar-refractivity contribution in [2.45, 2.75) is 158 Å². The highest BCUT2D eigenvalue weighted by Crippen LogP contribution is 2.69. The smallest absolute Gasteiger partial charge is 0.116 e. The fraction of sp³-hybridized carbons (Fsp3) is 0.810. The summed E-state index contributed by atoms with van der Waals surface area (Å²) >= 11 is 0. The maximum absolute atomic E-state index is 6.39. The van der Waals surface area contributed by atoms with Crippen molar-refractivity contribution >= 4 is 0 Å². The summed E-state index contributed by atoms with van der Waals surface area (Å²) in [6, 6.07) is 0. The van der Waals surface area contributed by atoms with Gasteiger partial charge in [-0.25, -0.2) is 0 Å². The van der Waals surface area contributed by atoms with Gasteiger partial charge in [-0.05, 0) is 122 Å². The maximum atomic E-state index is 6.39.